The number of Topliss-reactive ketones (excluding diaryl/α,β-unsaturated/α-hetero) is 1. The van der Waals surface area contributed by atoms with Gasteiger partial charge in [-0.05, 0) is 6.42 Å². The van der Waals surface area contributed by atoms with E-state index in [0.29, 0.717) is 0 Å². The van der Waals surface area contributed by atoms with Crippen molar-refractivity contribution in [3.8, 4) is 0 Å². The van der Waals surface area contributed by atoms with Crippen LogP contribution in [0.5, 0.6) is 0 Å². The Morgan fingerprint density at radius 3 is 1.91 bits per heavy atom. The SMILES string of the molecule is NC(CCC(=O)C(N)(CSSCC(N)C(=O)O)C(=O)O)C(=O)O. The van der Waals surface area contributed by atoms with Gasteiger partial charge in [-0.25, -0.2) is 4.79 Å². The molecule has 132 valence electrons. The molecule has 0 aliphatic heterocycles. The lowest BCUT2D eigenvalue weighted by Crippen LogP contribution is -2.57. The summed E-state index contributed by atoms with van der Waals surface area (Å²) < 4.78 is 0. The van der Waals surface area contributed by atoms with Gasteiger partial charge in [0, 0.05) is 17.9 Å². The first-order valence-electron chi connectivity index (χ1n) is 6.29. The predicted molar refractivity (Wildman–Crippen MR) is 84.9 cm³/mol. The molecule has 0 rings (SSSR count). The van der Waals surface area contributed by atoms with Crippen molar-refractivity contribution in [3.05, 3.63) is 0 Å². The second-order valence-electron chi connectivity index (χ2n) is 4.67. The fourth-order valence-electron chi connectivity index (χ4n) is 1.22. The molecule has 0 heterocycles. The van der Waals surface area contributed by atoms with Crippen molar-refractivity contribution < 1.29 is 34.5 Å². The van der Waals surface area contributed by atoms with Crippen molar-refractivity contribution in [1.82, 2.24) is 0 Å². The largest absolute Gasteiger partial charge is 0.480 e. The van der Waals surface area contributed by atoms with E-state index >= 15 is 0 Å². The number of carboxylic acids is 3. The van der Waals surface area contributed by atoms with E-state index in [9.17, 15) is 19.2 Å². The molecule has 0 amide bonds. The highest BCUT2D eigenvalue weighted by atomic mass is 33.1. The zero-order chi connectivity index (χ0) is 18.2. The minimum absolute atomic E-state index is 0.00772. The Hall–Kier alpha value is -1.34. The Morgan fingerprint density at radius 2 is 1.48 bits per heavy atom. The summed E-state index contributed by atoms with van der Waals surface area (Å²) >= 11 is 0. The smallest absolute Gasteiger partial charge is 0.332 e. The van der Waals surface area contributed by atoms with Crippen LogP contribution >= 0.6 is 21.6 Å². The van der Waals surface area contributed by atoms with Gasteiger partial charge in [-0.1, -0.05) is 21.6 Å². The van der Waals surface area contributed by atoms with Gasteiger partial charge in [-0.3, -0.25) is 14.4 Å². The maximum absolute atomic E-state index is 12.0. The third-order valence-electron chi connectivity index (χ3n) is 2.81. The van der Waals surface area contributed by atoms with E-state index in [1.54, 1.807) is 0 Å². The van der Waals surface area contributed by atoms with Crippen LogP contribution < -0.4 is 17.2 Å². The number of carbonyl (C=O) groups is 4. The van der Waals surface area contributed by atoms with E-state index in [2.05, 4.69) is 0 Å². The molecule has 0 spiro atoms. The van der Waals surface area contributed by atoms with Crippen molar-refractivity contribution in [2.45, 2.75) is 30.5 Å². The first-order chi connectivity index (χ1) is 10.5. The molecule has 0 aliphatic rings. The summed E-state index contributed by atoms with van der Waals surface area (Å²) in [6, 6.07) is -2.40. The Balaban J connectivity index is 4.55. The highest BCUT2D eigenvalue weighted by molar-refractivity contribution is 8.76. The molecule has 9 N–H and O–H groups in total. The summed E-state index contributed by atoms with van der Waals surface area (Å²) in [6.45, 7) is 0. The number of nitrogens with two attached hydrogens (primary N) is 3. The molecule has 10 nitrogen and oxygen atoms in total. The van der Waals surface area contributed by atoms with Crippen molar-refractivity contribution in [3.63, 3.8) is 0 Å². The summed E-state index contributed by atoms with van der Waals surface area (Å²) in [5.74, 6) is -5.22. The monoisotopic (exact) mass is 369 g/mol. The van der Waals surface area contributed by atoms with Crippen LogP contribution in [0.3, 0.4) is 0 Å². The molecule has 0 aromatic carbocycles. The summed E-state index contributed by atoms with van der Waals surface area (Å²) in [5.41, 5.74) is 13.9. The molecular formula is C11H19N3O7S2. The van der Waals surface area contributed by atoms with E-state index in [-0.39, 0.29) is 17.9 Å². The summed E-state index contributed by atoms with van der Waals surface area (Å²) in [5, 5.41) is 26.4. The van der Waals surface area contributed by atoms with Gasteiger partial charge < -0.3 is 32.5 Å². The van der Waals surface area contributed by atoms with Crippen molar-refractivity contribution in [2.24, 2.45) is 17.2 Å². The lowest BCUT2D eigenvalue weighted by atomic mass is 9.93. The van der Waals surface area contributed by atoms with Crippen molar-refractivity contribution >= 4 is 45.3 Å². The Bertz CT molecular complexity index is 477. The molecule has 12 heteroatoms. The van der Waals surface area contributed by atoms with Gasteiger partial charge in [0.05, 0.1) is 0 Å². The quantitative estimate of drug-likeness (QED) is 0.129. The molecule has 3 atom stereocenters. The summed E-state index contributed by atoms with van der Waals surface area (Å²) in [4.78, 5) is 44.3. The van der Waals surface area contributed by atoms with Gasteiger partial charge in [-0.2, -0.15) is 0 Å². The number of aliphatic carboxylic acids is 3. The highest BCUT2D eigenvalue weighted by Crippen LogP contribution is 2.27. The second kappa shape index (κ2) is 9.72. The molecule has 3 unspecified atom stereocenters. The molecule has 0 aromatic heterocycles. The molecule has 0 saturated heterocycles. The van der Waals surface area contributed by atoms with E-state index < -0.39 is 47.7 Å². The Morgan fingerprint density at radius 1 is 0.957 bits per heavy atom. The molecule has 0 radical (unpaired) electrons. The second-order valence-corrected chi connectivity index (χ2v) is 7.18. The number of hydrogen-bond donors (Lipinski definition) is 6. The third-order valence-corrected chi connectivity index (χ3v) is 5.31. The lowest BCUT2D eigenvalue weighted by Gasteiger charge is -2.23. The molecule has 0 saturated carbocycles. The predicted octanol–water partition coefficient (Wildman–Crippen LogP) is -1.68. The fraction of sp³-hybridized carbons (Fsp3) is 0.636. The van der Waals surface area contributed by atoms with Crippen LogP contribution in [0.1, 0.15) is 12.8 Å². The zero-order valence-corrected chi connectivity index (χ0v) is 13.6. The maximum Gasteiger partial charge on any atom is 0.332 e. The summed E-state index contributed by atoms with van der Waals surface area (Å²) in [6.07, 6.45) is -0.627. The van der Waals surface area contributed by atoms with E-state index in [4.69, 9.17) is 32.5 Å². The van der Waals surface area contributed by atoms with Gasteiger partial charge in [0.1, 0.15) is 12.1 Å². The number of rotatable bonds is 12. The van der Waals surface area contributed by atoms with Gasteiger partial charge >= 0.3 is 17.9 Å². The molecular weight excluding hydrogens is 350 g/mol. The minimum atomic E-state index is -2.21. The number of ketones is 1. The maximum atomic E-state index is 12.0. The zero-order valence-electron chi connectivity index (χ0n) is 12.0. The average Bonchev–Trinajstić information content (AvgIpc) is 2.47. The third kappa shape index (κ3) is 7.18. The lowest BCUT2D eigenvalue weighted by molar-refractivity contribution is -0.147. The normalized spacial score (nSPS) is 16.1. The van der Waals surface area contributed by atoms with E-state index in [1.165, 1.54) is 0 Å². The van der Waals surface area contributed by atoms with Gasteiger partial charge in [0.25, 0.3) is 0 Å². The van der Waals surface area contributed by atoms with Crippen LogP contribution in [0.4, 0.5) is 0 Å². The van der Waals surface area contributed by atoms with Crippen molar-refractivity contribution in [1.29, 1.82) is 0 Å². The molecule has 0 bridgehead atoms. The van der Waals surface area contributed by atoms with Gasteiger partial charge in [0.2, 0.25) is 0 Å². The molecule has 0 aromatic rings. The first kappa shape index (κ1) is 21.7. The topological polar surface area (TPSA) is 207 Å². The first-order valence-corrected chi connectivity index (χ1v) is 8.78. The van der Waals surface area contributed by atoms with Gasteiger partial charge in [-0.15, -0.1) is 0 Å². The number of carboxylic acid groups (broad SMARTS) is 3. The van der Waals surface area contributed by atoms with Crippen LogP contribution in [-0.4, -0.2) is 68.1 Å². The molecule has 23 heavy (non-hydrogen) atoms. The average molecular weight is 369 g/mol. The molecule has 0 aliphatic carbocycles. The van der Waals surface area contributed by atoms with Crippen LogP contribution in [0, 0.1) is 0 Å². The Labute approximate surface area is 139 Å². The van der Waals surface area contributed by atoms with Crippen LogP contribution in [-0.2, 0) is 19.2 Å². The number of carbonyl (C=O) groups excluding carboxylic acids is 1. The van der Waals surface area contributed by atoms with Gasteiger partial charge in [0.15, 0.2) is 11.3 Å². The van der Waals surface area contributed by atoms with E-state index in [1.807, 2.05) is 0 Å². The highest BCUT2D eigenvalue weighted by Gasteiger charge is 2.41. The van der Waals surface area contributed by atoms with Crippen molar-refractivity contribution in [2.75, 3.05) is 11.5 Å². The molecule has 0 fully saturated rings. The standard InChI is InChI=1S/C11H19N3O7S2/c12-5(8(16)17)1-2-7(15)11(14,10(20)21)4-23-22-3-6(13)9(18)19/h5-6H,1-4,12-14H2,(H,16,17)(H,18,19)(H,20,21). The fourth-order valence-corrected chi connectivity index (χ4v) is 3.70. The number of hydrogen-bond acceptors (Lipinski definition) is 9. The Kier molecular flexibility index (Phi) is 9.16. The summed E-state index contributed by atoms with van der Waals surface area (Å²) in [7, 11) is 1.88. The van der Waals surface area contributed by atoms with Crippen LogP contribution in [0.25, 0.3) is 0 Å². The van der Waals surface area contributed by atoms with Crippen LogP contribution in [0.2, 0.25) is 0 Å². The minimum Gasteiger partial charge on any atom is -0.480 e. The van der Waals surface area contributed by atoms with E-state index in [0.717, 1.165) is 21.6 Å². The van der Waals surface area contributed by atoms with Crippen LogP contribution in [0.15, 0.2) is 0 Å².